The van der Waals surface area contributed by atoms with Crippen LogP contribution in [-0.4, -0.2) is 36.0 Å². The van der Waals surface area contributed by atoms with Gasteiger partial charge in [-0.3, -0.25) is 0 Å². The van der Waals surface area contributed by atoms with Crippen molar-refractivity contribution in [2.75, 3.05) is 18.2 Å². The number of anilines is 2. The fraction of sp³-hybridized carbons (Fsp3) is 0.300. The Balaban J connectivity index is 1.56. The van der Waals surface area contributed by atoms with E-state index in [1.165, 1.54) is 6.26 Å². The van der Waals surface area contributed by atoms with Crippen LogP contribution in [0.1, 0.15) is 19.3 Å². The summed E-state index contributed by atoms with van der Waals surface area (Å²) in [6.45, 7) is 0.184. The van der Waals surface area contributed by atoms with E-state index in [0.29, 0.717) is 29.6 Å². The van der Waals surface area contributed by atoms with E-state index >= 15 is 0 Å². The van der Waals surface area contributed by atoms with Gasteiger partial charge in [0.2, 0.25) is 0 Å². The minimum absolute atomic E-state index is 0.184. The van der Waals surface area contributed by atoms with Gasteiger partial charge in [-0.25, -0.2) is 18.4 Å². The lowest BCUT2D eigenvalue weighted by atomic mass is 9.85. The number of pyridine rings is 2. The number of nitrogens with one attached hydrogen (secondary N) is 1. The summed E-state index contributed by atoms with van der Waals surface area (Å²) in [5, 5.41) is 5.53. The van der Waals surface area contributed by atoms with Gasteiger partial charge in [-0.2, -0.15) is 0 Å². The highest BCUT2D eigenvalue weighted by molar-refractivity contribution is 7.92. The van der Waals surface area contributed by atoms with E-state index in [2.05, 4.69) is 15.3 Å². The fourth-order valence-corrected chi connectivity index (χ4v) is 4.76. The molecule has 28 heavy (non-hydrogen) atoms. The maximum Gasteiger partial charge on any atom is 0.156 e. The molecule has 1 saturated carbocycles. The Hall–Kier alpha value is -2.38. The molecule has 146 valence electrons. The molecule has 2 aromatic heterocycles. The number of nitrogens with zero attached hydrogens (tertiary/aromatic N) is 2. The lowest BCUT2D eigenvalue weighted by molar-refractivity contribution is 0.200. The number of halogens is 1. The van der Waals surface area contributed by atoms with Crippen LogP contribution in [0.25, 0.3) is 10.8 Å². The van der Waals surface area contributed by atoms with Gasteiger partial charge in [-0.1, -0.05) is 18.0 Å². The second kappa shape index (κ2) is 7.22. The minimum atomic E-state index is -3.15. The maximum absolute atomic E-state index is 12.1. The van der Waals surface area contributed by atoms with Gasteiger partial charge in [0.05, 0.1) is 11.9 Å². The van der Waals surface area contributed by atoms with Gasteiger partial charge < -0.3 is 10.1 Å². The first kappa shape index (κ1) is 19.0. The van der Waals surface area contributed by atoms with Crippen molar-refractivity contribution in [3.05, 3.63) is 53.9 Å². The van der Waals surface area contributed by atoms with E-state index in [1.807, 2.05) is 30.3 Å². The molecule has 1 aliphatic rings. The third kappa shape index (κ3) is 3.64. The van der Waals surface area contributed by atoms with Crippen LogP contribution in [0.3, 0.4) is 0 Å². The largest absolute Gasteiger partial charge is 0.492 e. The molecule has 0 amide bonds. The monoisotopic (exact) mass is 417 g/mol. The van der Waals surface area contributed by atoms with Crippen LogP contribution in [0, 0.1) is 0 Å². The molecule has 8 heteroatoms. The van der Waals surface area contributed by atoms with E-state index in [0.717, 1.165) is 22.9 Å². The standard InChI is InChI=1S/C20H20ClN3O3S/c1-28(25,26)20(8-2-9-20)13-27-16-4-5-17-14(11-16)7-10-22-19(17)24-15-3-6-18(21)23-12-15/h3-7,10-12H,2,8-9,13H2,1H3,(H,22,24). The highest BCUT2D eigenvalue weighted by atomic mass is 35.5. The molecular formula is C20H20ClN3O3S. The first-order valence-corrected chi connectivity index (χ1v) is 11.2. The molecular weight excluding hydrogens is 398 g/mol. The van der Waals surface area contributed by atoms with Gasteiger partial charge in [0.25, 0.3) is 0 Å². The quantitative estimate of drug-likeness (QED) is 0.599. The van der Waals surface area contributed by atoms with Crippen LogP contribution in [0.15, 0.2) is 48.8 Å². The van der Waals surface area contributed by atoms with Crippen molar-refractivity contribution in [2.45, 2.75) is 24.0 Å². The summed E-state index contributed by atoms with van der Waals surface area (Å²) in [6, 6.07) is 11.1. The molecule has 0 bridgehead atoms. The molecule has 6 nitrogen and oxygen atoms in total. The third-order valence-corrected chi connectivity index (χ3v) is 7.60. The van der Waals surface area contributed by atoms with E-state index in [4.69, 9.17) is 16.3 Å². The number of rotatable bonds is 6. The van der Waals surface area contributed by atoms with Crippen molar-refractivity contribution < 1.29 is 13.2 Å². The number of aromatic nitrogens is 2. The second-order valence-corrected chi connectivity index (χ2v) is 9.93. The van der Waals surface area contributed by atoms with Gasteiger partial charge >= 0.3 is 0 Å². The van der Waals surface area contributed by atoms with Gasteiger partial charge in [-0.15, -0.1) is 0 Å². The van der Waals surface area contributed by atoms with Crippen molar-refractivity contribution in [1.82, 2.24) is 9.97 Å². The Morgan fingerprint density at radius 1 is 1.18 bits per heavy atom. The normalized spacial score (nSPS) is 15.8. The van der Waals surface area contributed by atoms with Gasteiger partial charge in [0.1, 0.15) is 28.1 Å². The van der Waals surface area contributed by atoms with E-state index in [-0.39, 0.29) is 6.61 Å². The second-order valence-electron chi connectivity index (χ2n) is 7.13. The molecule has 0 spiro atoms. The minimum Gasteiger partial charge on any atom is -0.492 e. The van der Waals surface area contributed by atoms with Crippen molar-refractivity contribution in [3.63, 3.8) is 0 Å². The molecule has 1 aliphatic carbocycles. The zero-order valence-electron chi connectivity index (χ0n) is 15.4. The summed E-state index contributed by atoms with van der Waals surface area (Å²) in [5.41, 5.74) is 0.782. The van der Waals surface area contributed by atoms with Crippen LogP contribution < -0.4 is 10.1 Å². The number of hydrogen-bond donors (Lipinski definition) is 1. The predicted molar refractivity (Wildman–Crippen MR) is 111 cm³/mol. The van der Waals surface area contributed by atoms with Crippen molar-refractivity contribution in [2.24, 2.45) is 0 Å². The number of sulfone groups is 1. The van der Waals surface area contributed by atoms with Crippen LogP contribution in [-0.2, 0) is 9.84 Å². The van der Waals surface area contributed by atoms with Gasteiger partial charge in [0, 0.05) is 17.8 Å². The summed E-state index contributed by atoms with van der Waals surface area (Å²) in [5.74, 6) is 1.34. The molecule has 2 heterocycles. The Labute approximate surface area is 168 Å². The topological polar surface area (TPSA) is 81.2 Å². The summed E-state index contributed by atoms with van der Waals surface area (Å²) in [4.78, 5) is 8.46. The molecule has 0 aliphatic heterocycles. The third-order valence-electron chi connectivity index (χ3n) is 5.28. The molecule has 3 aromatic rings. The summed E-state index contributed by atoms with van der Waals surface area (Å²) in [6.07, 6.45) is 6.89. The van der Waals surface area contributed by atoms with Crippen molar-refractivity contribution in [3.8, 4) is 5.75 Å². The summed E-state index contributed by atoms with van der Waals surface area (Å²) >= 11 is 5.83. The maximum atomic E-state index is 12.1. The Morgan fingerprint density at radius 2 is 2.00 bits per heavy atom. The van der Waals surface area contributed by atoms with Crippen LogP contribution >= 0.6 is 11.6 Å². The fourth-order valence-electron chi connectivity index (χ4n) is 3.34. The summed E-state index contributed by atoms with van der Waals surface area (Å²) < 4.78 is 29.3. The summed E-state index contributed by atoms with van der Waals surface area (Å²) in [7, 11) is -3.15. The molecule has 0 unspecified atom stereocenters. The first-order valence-electron chi connectivity index (χ1n) is 8.96. The number of ether oxygens (including phenoxy) is 1. The van der Waals surface area contributed by atoms with E-state index < -0.39 is 14.6 Å². The van der Waals surface area contributed by atoms with Crippen molar-refractivity contribution in [1.29, 1.82) is 0 Å². The molecule has 1 fully saturated rings. The number of hydrogen-bond acceptors (Lipinski definition) is 6. The van der Waals surface area contributed by atoms with Gasteiger partial charge in [-0.05, 0) is 54.6 Å². The van der Waals surface area contributed by atoms with E-state index in [1.54, 1.807) is 18.5 Å². The van der Waals surface area contributed by atoms with E-state index in [9.17, 15) is 8.42 Å². The van der Waals surface area contributed by atoms with Gasteiger partial charge in [0.15, 0.2) is 9.84 Å². The Bertz CT molecular complexity index is 1110. The molecule has 4 rings (SSSR count). The Morgan fingerprint density at radius 3 is 2.64 bits per heavy atom. The average molecular weight is 418 g/mol. The molecule has 1 N–H and O–H groups in total. The lowest BCUT2D eigenvalue weighted by Gasteiger charge is -2.39. The lowest BCUT2D eigenvalue weighted by Crippen LogP contribution is -2.49. The van der Waals surface area contributed by atoms with Crippen LogP contribution in [0.4, 0.5) is 11.5 Å². The number of benzene rings is 1. The number of fused-ring (bicyclic) bond motifs is 1. The van der Waals surface area contributed by atoms with Crippen molar-refractivity contribution >= 4 is 43.7 Å². The van der Waals surface area contributed by atoms with Crippen LogP contribution in [0.5, 0.6) is 5.75 Å². The average Bonchev–Trinajstić information content (AvgIpc) is 2.61. The van der Waals surface area contributed by atoms with Crippen LogP contribution in [0.2, 0.25) is 5.15 Å². The predicted octanol–water partition coefficient (Wildman–Crippen LogP) is 4.37. The molecule has 0 radical (unpaired) electrons. The SMILES string of the molecule is CS(=O)(=O)C1(COc2ccc3c(Nc4ccc(Cl)nc4)nccc3c2)CCC1. The first-order chi connectivity index (χ1) is 13.4. The smallest absolute Gasteiger partial charge is 0.156 e. The molecule has 1 aromatic carbocycles. The highest BCUT2D eigenvalue weighted by Gasteiger charge is 2.47. The highest BCUT2D eigenvalue weighted by Crippen LogP contribution is 2.39. The Kier molecular flexibility index (Phi) is 4.89. The zero-order chi connectivity index (χ0) is 19.8. The molecule has 0 saturated heterocycles. The zero-order valence-corrected chi connectivity index (χ0v) is 16.9. The molecule has 0 atom stereocenters.